The minimum Gasteiger partial charge on any atom is -0.497 e. The predicted molar refractivity (Wildman–Crippen MR) is 136 cm³/mol. The van der Waals surface area contributed by atoms with Crippen LogP contribution in [0.1, 0.15) is 34.5 Å². The first-order chi connectivity index (χ1) is 17.4. The van der Waals surface area contributed by atoms with Crippen molar-refractivity contribution in [3.05, 3.63) is 95.7 Å². The van der Waals surface area contributed by atoms with Gasteiger partial charge in [-0.15, -0.1) is 0 Å². The molecule has 2 heterocycles. The first kappa shape index (κ1) is 25.2. The van der Waals surface area contributed by atoms with Crippen molar-refractivity contribution in [3.8, 4) is 5.75 Å². The van der Waals surface area contributed by atoms with Crippen LogP contribution in [0.4, 0.5) is 4.39 Å². The van der Waals surface area contributed by atoms with E-state index in [4.69, 9.17) is 9.15 Å². The van der Waals surface area contributed by atoms with Crippen LogP contribution in [-0.4, -0.2) is 54.9 Å². The van der Waals surface area contributed by atoms with Crippen LogP contribution in [0.2, 0.25) is 0 Å². The number of likely N-dealkylation sites (N-methyl/N-ethyl adjacent to an activating group) is 1. The van der Waals surface area contributed by atoms with Crippen molar-refractivity contribution in [2.75, 3.05) is 27.2 Å². The summed E-state index contributed by atoms with van der Waals surface area (Å²) in [6.45, 7) is 1.21. The van der Waals surface area contributed by atoms with Gasteiger partial charge in [0.25, 0.3) is 5.91 Å². The van der Waals surface area contributed by atoms with Crippen LogP contribution in [0, 0.1) is 11.7 Å². The monoisotopic (exact) mass is 490 g/mol. The Labute approximate surface area is 211 Å². The number of amides is 2. The number of likely N-dealkylation sites (tertiary alicyclic amines) is 1. The van der Waals surface area contributed by atoms with E-state index in [0.717, 1.165) is 29.7 Å². The number of furan rings is 1. The van der Waals surface area contributed by atoms with Crippen LogP contribution in [-0.2, 0) is 11.2 Å². The highest BCUT2D eigenvalue weighted by Crippen LogP contribution is 2.28. The Hall–Kier alpha value is -3.87. The normalized spacial score (nSPS) is 15.1. The van der Waals surface area contributed by atoms with Gasteiger partial charge in [-0.25, -0.2) is 4.39 Å². The third-order valence-electron chi connectivity index (χ3n) is 6.81. The summed E-state index contributed by atoms with van der Waals surface area (Å²) in [4.78, 5) is 29.5. The maximum absolute atomic E-state index is 13.1. The lowest BCUT2D eigenvalue weighted by Crippen LogP contribution is -2.48. The summed E-state index contributed by atoms with van der Waals surface area (Å²) in [6, 6.07) is 17.2. The Morgan fingerprint density at radius 1 is 1.14 bits per heavy atom. The Morgan fingerprint density at radius 3 is 2.56 bits per heavy atom. The molecule has 1 fully saturated rings. The molecule has 0 N–H and O–H groups in total. The molecule has 6 nitrogen and oxygen atoms in total. The van der Waals surface area contributed by atoms with Gasteiger partial charge in [0.2, 0.25) is 5.91 Å². The highest BCUT2D eigenvalue weighted by Gasteiger charge is 2.33. The summed E-state index contributed by atoms with van der Waals surface area (Å²) in [5.41, 5.74) is 1.86. The zero-order valence-electron chi connectivity index (χ0n) is 20.6. The molecule has 1 aliphatic heterocycles. The van der Waals surface area contributed by atoms with Crippen molar-refractivity contribution < 1.29 is 23.1 Å². The molecular formula is C29H31FN2O4. The third kappa shape index (κ3) is 6.22. The molecule has 1 saturated heterocycles. The number of carbonyl (C=O) groups excluding carboxylic acids is 2. The van der Waals surface area contributed by atoms with E-state index in [1.165, 1.54) is 24.5 Å². The van der Waals surface area contributed by atoms with Gasteiger partial charge < -0.3 is 19.0 Å². The van der Waals surface area contributed by atoms with Crippen molar-refractivity contribution in [2.24, 2.45) is 5.92 Å². The molecule has 0 radical (unpaired) electrons. The van der Waals surface area contributed by atoms with Gasteiger partial charge in [-0.1, -0.05) is 24.3 Å². The summed E-state index contributed by atoms with van der Waals surface area (Å²) >= 11 is 0. The molecule has 1 aromatic heterocycles. The SMILES string of the molecule is COc1cccc(CC(C2CCN(C(=O)/C=C/c3ccc(F)cc3)CC2)N(C)C(=O)c2ccco2)c1. The van der Waals surface area contributed by atoms with Crippen molar-refractivity contribution in [1.82, 2.24) is 9.80 Å². The molecule has 0 aliphatic carbocycles. The van der Waals surface area contributed by atoms with Gasteiger partial charge in [0.1, 0.15) is 11.6 Å². The van der Waals surface area contributed by atoms with Gasteiger partial charge in [-0.05, 0) is 78.8 Å². The Kier molecular flexibility index (Phi) is 8.21. The molecule has 0 spiro atoms. The first-order valence-electron chi connectivity index (χ1n) is 12.1. The van der Waals surface area contributed by atoms with Crippen LogP contribution in [0.3, 0.4) is 0 Å². The zero-order chi connectivity index (χ0) is 25.5. The fourth-order valence-corrected chi connectivity index (χ4v) is 4.74. The van der Waals surface area contributed by atoms with Crippen molar-refractivity contribution in [2.45, 2.75) is 25.3 Å². The molecule has 188 valence electrons. The third-order valence-corrected chi connectivity index (χ3v) is 6.81. The van der Waals surface area contributed by atoms with E-state index >= 15 is 0 Å². The van der Waals surface area contributed by atoms with E-state index in [1.807, 2.05) is 36.2 Å². The van der Waals surface area contributed by atoms with Crippen LogP contribution < -0.4 is 4.74 Å². The van der Waals surface area contributed by atoms with Crippen LogP contribution >= 0.6 is 0 Å². The largest absolute Gasteiger partial charge is 0.497 e. The van der Waals surface area contributed by atoms with Gasteiger partial charge in [0.05, 0.1) is 13.4 Å². The highest BCUT2D eigenvalue weighted by molar-refractivity contribution is 5.92. The lowest BCUT2D eigenvalue weighted by Gasteiger charge is -2.39. The highest BCUT2D eigenvalue weighted by atomic mass is 19.1. The number of halogens is 1. The van der Waals surface area contributed by atoms with Gasteiger partial charge >= 0.3 is 0 Å². The number of methoxy groups -OCH3 is 1. The number of ether oxygens (including phenoxy) is 1. The smallest absolute Gasteiger partial charge is 0.289 e. The maximum atomic E-state index is 13.1. The maximum Gasteiger partial charge on any atom is 0.289 e. The van der Waals surface area contributed by atoms with E-state index in [-0.39, 0.29) is 29.6 Å². The quantitative estimate of drug-likeness (QED) is 0.414. The second-order valence-corrected chi connectivity index (χ2v) is 9.06. The molecule has 0 bridgehead atoms. The number of hydrogen-bond acceptors (Lipinski definition) is 4. The average molecular weight is 491 g/mol. The fourth-order valence-electron chi connectivity index (χ4n) is 4.74. The molecule has 1 atom stereocenters. The Morgan fingerprint density at radius 2 is 1.89 bits per heavy atom. The molecular weight excluding hydrogens is 459 g/mol. The first-order valence-corrected chi connectivity index (χ1v) is 12.1. The summed E-state index contributed by atoms with van der Waals surface area (Å²) in [6.07, 6.45) is 6.97. The van der Waals surface area contributed by atoms with Crippen molar-refractivity contribution >= 4 is 17.9 Å². The molecule has 3 aromatic rings. The minimum atomic E-state index is -0.306. The van der Waals surface area contributed by atoms with E-state index in [1.54, 1.807) is 42.4 Å². The number of benzene rings is 2. The van der Waals surface area contributed by atoms with Crippen molar-refractivity contribution in [3.63, 3.8) is 0 Å². The average Bonchev–Trinajstić information content (AvgIpc) is 3.46. The molecule has 1 unspecified atom stereocenters. The number of nitrogens with zero attached hydrogens (tertiary/aromatic N) is 2. The molecule has 4 rings (SSSR count). The zero-order valence-corrected chi connectivity index (χ0v) is 20.6. The minimum absolute atomic E-state index is 0.0675. The summed E-state index contributed by atoms with van der Waals surface area (Å²) in [7, 11) is 3.46. The van der Waals surface area contributed by atoms with Crippen LogP contribution in [0.5, 0.6) is 5.75 Å². The summed E-state index contributed by atoms with van der Waals surface area (Å²) < 4.78 is 23.9. The number of rotatable bonds is 8. The Balaban J connectivity index is 1.44. The van der Waals surface area contributed by atoms with Gasteiger partial charge in [-0.2, -0.15) is 0 Å². The standard InChI is InChI=1S/C29H31FN2O4/c1-31(29(34)27-7-4-18-36-27)26(20-22-5-3-6-25(19-22)35-2)23-14-16-32(17-15-23)28(33)13-10-21-8-11-24(30)12-9-21/h3-13,18-19,23,26H,14-17,20H2,1-2H3/b13-10+. The van der Waals surface area contributed by atoms with Gasteiger partial charge in [-0.3, -0.25) is 9.59 Å². The topological polar surface area (TPSA) is 63.0 Å². The molecule has 36 heavy (non-hydrogen) atoms. The van der Waals surface area contributed by atoms with Crippen molar-refractivity contribution in [1.29, 1.82) is 0 Å². The van der Waals surface area contributed by atoms with Crippen LogP contribution in [0.25, 0.3) is 6.08 Å². The fraction of sp³-hybridized carbons (Fsp3) is 0.310. The van der Waals surface area contributed by atoms with E-state index < -0.39 is 0 Å². The molecule has 2 amide bonds. The lowest BCUT2D eigenvalue weighted by atomic mass is 9.84. The number of carbonyl (C=O) groups is 2. The number of hydrogen-bond donors (Lipinski definition) is 0. The second kappa shape index (κ2) is 11.7. The molecule has 7 heteroatoms. The van der Waals surface area contributed by atoms with E-state index in [0.29, 0.717) is 25.3 Å². The van der Waals surface area contributed by atoms with Gasteiger partial charge in [0.15, 0.2) is 5.76 Å². The van der Waals surface area contributed by atoms with E-state index in [2.05, 4.69) is 0 Å². The second-order valence-electron chi connectivity index (χ2n) is 9.06. The lowest BCUT2D eigenvalue weighted by molar-refractivity contribution is -0.127. The molecule has 1 aliphatic rings. The van der Waals surface area contributed by atoms with E-state index in [9.17, 15) is 14.0 Å². The van der Waals surface area contributed by atoms with Gasteiger partial charge in [0, 0.05) is 32.3 Å². The Bertz CT molecular complexity index is 1180. The van der Waals surface area contributed by atoms with Crippen LogP contribution in [0.15, 0.2) is 77.4 Å². The molecule has 0 saturated carbocycles. The number of piperidine rings is 1. The summed E-state index contributed by atoms with van der Waals surface area (Å²) in [5.74, 6) is 0.770. The predicted octanol–water partition coefficient (Wildman–Crippen LogP) is 5.06. The molecule has 2 aromatic carbocycles. The summed E-state index contributed by atoms with van der Waals surface area (Å²) in [5, 5.41) is 0.